The van der Waals surface area contributed by atoms with Crippen molar-refractivity contribution in [3.63, 3.8) is 0 Å². The maximum Gasteiger partial charge on any atom is 0.241 e. The number of carbonyl (C=O) groups excluding carboxylic acids is 1. The lowest BCUT2D eigenvalue weighted by Crippen LogP contribution is -2.43. The number of halogens is 1. The van der Waals surface area contributed by atoms with Gasteiger partial charge in [-0.25, -0.2) is 0 Å². The predicted molar refractivity (Wildman–Crippen MR) is 63.2 cm³/mol. The van der Waals surface area contributed by atoms with Gasteiger partial charge in [-0.05, 0) is 31.2 Å². The molecule has 0 radical (unpaired) electrons. The van der Waals surface area contributed by atoms with Crippen LogP contribution in [0.25, 0.3) is 0 Å². The Morgan fingerprint density at radius 1 is 1.56 bits per heavy atom. The summed E-state index contributed by atoms with van der Waals surface area (Å²) in [5.41, 5.74) is 1.79. The van der Waals surface area contributed by atoms with E-state index in [2.05, 4.69) is 10.6 Å². The van der Waals surface area contributed by atoms with Crippen LogP contribution in [0.15, 0.2) is 12.1 Å². The summed E-state index contributed by atoms with van der Waals surface area (Å²) in [7, 11) is 3.34. The molecule has 2 N–H and O–H groups in total. The molecule has 0 aromatic heterocycles. The molecule has 2 rings (SSSR count). The first-order valence-electron chi connectivity index (χ1n) is 5.00. The minimum absolute atomic E-state index is 0.0313. The number of benzene rings is 1. The van der Waals surface area contributed by atoms with Crippen LogP contribution in [-0.4, -0.2) is 26.1 Å². The zero-order chi connectivity index (χ0) is 11.7. The Labute approximate surface area is 98.9 Å². The molecule has 86 valence electrons. The number of rotatable bonds is 2. The molecule has 0 spiro atoms. The topological polar surface area (TPSA) is 50.4 Å². The lowest BCUT2D eigenvalue weighted by Gasteiger charge is -2.24. The van der Waals surface area contributed by atoms with Crippen molar-refractivity contribution in [2.24, 2.45) is 0 Å². The monoisotopic (exact) mass is 240 g/mol. The molecular formula is C11H13ClN2O2. The smallest absolute Gasteiger partial charge is 0.241 e. The molecule has 1 aliphatic heterocycles. The fraction of sp³-hybridized carbons (Fsp3) is 0.364. The highest BCUT2D eigenvalue weighted by atomic mass is 35.5. The van der Waals surface area contributed by atoms with E-state index in [0.717, 1.165) is 11.3 Å². The number of hydrogen-bond acceptors (Lipinski definition) is 3. The van der Waals surface area contributed by atoms with Gasteiger partial charge in [0.15, 0.2) is 0 Å². The van der Waals surface area contributed by atoms with E-state index in [1.165, 1.54) is 0 Å². The van der Waals surface area contributed by atoms with Gasteiger partial charge >= 0.3 is 0 Å². The maximum absolute atomic E-state index is 11.6. The Balaban J connectivity index is 2.40. The van der Waals surface area contributed by atoms with Gasteiger partial charge in [0.25, 0.3) is 0 Å². The van der Waals surface area contributed by atoms with E-state index < -0.39 is 0 Å². The summed E-state index contributed by atoms with van der Waals surface area (Å²) < 4.78 is 5.14. The van der Waals surface area contributed by atoms with Crippen molar-refractivity contribution in [3.8, 4) is 5.75 Å². The summed E-state index contributed by atoms with van der Waals surface area (Å²) in [5, 5.41) is 6.28. The second-order valence-electron chi connectivity index (χ2n) is 3.68. The highest BCUT2D eigenvalue weighted by Crippen LogP contribution is 2.33. The molecular weight excluding hydrogens is 228 g/mol. The average molecular weight is 241 g/mol. The molecule has 4 nitrogen and oxygen atoms in total. The largest absolute Gasteiger partial charge is 0.495 e. The van der Waals surface area contributed by atoms with Crippen molar-refractivity contribution >= 4 is 23.2 Å². The molecule has 1 unspecified atom stereocenters. The maximum atomic E-state index is 11.6. The standard InChI is InChI=1S/C11H13ClN2O2/c1-13-9-3-6-4-10(16-2)7(12)5-8(6)14-11(9)15/h4-5,9,13H,3H2,1-2H3,(H,14,15). The first-order valence-corrected chi connectivity index (χ1v) is 5.38. The van der Waals surface area contributed by atoms with Crippen LogP contribution in [0.2, 0.25) is 5.02 Å². The van der Waals surface area contributed by atoms with Gasteiger partial charge in [0.05, 0.1) is 18.2 Å². The summed E-state index contributed by atoms with van der Waals surface area (Å²) in [5.74, 6) is 0.600. The van der Waals surface area contributed by atoms with E-state index in [0.29, 0.717) is 17.2 Å². The van der Waals surface area contributed by atoms with Crippen molar-refractivity contribution in [2.75, 3.05) is 19.5 Å². The molecule has 1 amide bonds. The molecule has 1 aromatic carbocycles. The summed E-state index contributed by atoms with van der Waals surface area (Å²) in [6.07, 6.45) is 0.644. The highest BCUT2D eigenvalue weighted by molar-refractivity contribution is 6.32. The molecule has 0 bridgehead atoms. The van der Waals surface area contributed by atoms with Gasteiger partial charge in [-0.1, -0.05) is 11.6 Å². The van der Waals surface area contributed by atoms with Gasteiger partial charge in [0.1, 0.15) is 5.75 Å². The SMILES string of the molecule is CNC1Cc2cc(OC)c(Cl)cc2NC1=O. The van der Waals surface area contributed by atoms with Crippen LogP contribution >= 0.6 is 11.6 Å². The van der Waals surface area contributed by atoms with Gasteiger partial charge in [-0.15, -0.1) is 0 Å². The van der Waals surface area contributed by atoms with Crippen LogP contribution in [0.1, 0.15) is 5.56 Å². The second kappa shape index (κ2) is 4.31. The zero-order valence-electron chi connectivity index (χ0n) is 9.13. The van der Waals surface area contributed by atoms with Gasteiger partial charge in [0.2, 0.25) is 5.91 Å². The van der Waals surface area contributed by atoms with Crippen LogP contribution in [0.4, 0.5) is 5.69 Å². The van der Waals surface area contributed by atoms with Crippen molar-refractivity contribution in [2.45, 2.75) is 12.5 Å². The van der Waals surface area contributed by atoms with Gasteiger partial charge in [-0.2, -0.15) is 0 Å². The van der Waals surface area contributed by atoms with Crippen molar-refractivity contribution in [3.05, 3.63) is 22.7 Å². The minimum Gasteiger partial charge on any atom is -0.495 e. The van der Waals surface area contributed by atoms with Crippen LogP contribution < -0.4 is 15.4 Å². The normalized spacial score (nSPS) is 18.9. The fourth-order valence-electron chi connectivity index (χ4n) is 1.80. The third-order valence-corrected chi connectivity index (χ3v) is 3.02. The molecule has 16 heavy (non-hydrogen) atoms. The average Bonchev–Trinajstić information content (AvgIpc) is 2.27. The number of anilines is 1. The quantitative estimate of drug-likeness (QED) is 0.822. The van der Waals surface area contributed by atoms with Gasteiger partial charge in [-0.3, -0.25) is 4.79 Å². The van der Waals surface area contributed by atoms with E-state index in [1.807, 2.05) is 6.07 Å². The Bertz CT molecular complexity index is 434. The van der Waals surface area contributed by atoms with Crippen molar-refractivity contribution in [1.82, 2.24) is 5.32 Å². The molecule has 5 heteroatoms. The summed E-state index contributed by atoms with van der Waals surface area (Å²) >= 11 is 5.99. The molecule has 1 atom stereocenters. The van der Waals surface area contributed by atoms with Crippen LogP contribution in [0.3, 0.4) is 0 Å². The molecule has 0 fully saturated rings. The molecule has 0 saturated heterocycles. The molecule has 0 aliphatic carbocycles. The Morgan fingerprint density at radius 2 is 2.31 bits per heavy atom. The Morgan fingerprint density at radius 3 is 2.94 bits per heavy atom. The Hall–Kier alpha value is -1.26. The zero-order valence-corrected chi connectivity index (χ0v) is 9.89. The van der Waals surface area contributed by atoms with Crippen LogP contribution in [-0.2, 0) is 11.2 Å². The number of likely N-dealkylation sites (N-methyl/N-ethyl adjacent to an activating group) is 1. The van der Waals surface area contributed by atoms with Crippen molar-refractivity contribution in [1.29, 1.82) is 0 Å². The predicted octanol–water partition coefficient (Wildman–Crippen LogP) is 1.43. The number of ether oxygens (including phenoxy) is 1. The van der Waals surface area contributed by atoms with Gasteiger partial charge in [0, 0.05) is 5.69 Å². The third-order valence-electron chi connectivity index (χ3n) is 2.72. The first kappa shape index (κ1) is 11.2. The number of nitrogens with one attached hydrogen (secondary N) is 2. The molecule has 1 heterocycles. The number of hydrogen-bond donors (Lipinski definition) is 2. The second-order valence-corrected chi connectivity index (χ2v) is 4.09. The first-order chi connectivity index (χ1) is 7.65. The third kappa shape index (κ3) is 1.86. The number of amides is 1. The highest BCUT2D eigenvalue weighted by Gasteiger charge is 2.25. The number of methoxy groups -OCH3 is 1. The summed E-state index contributed by atoms with van der Waals surface area (Å²) in [6.45, 7) is 0. The van der Waals surface area contributed by atoms with Crippen molar-refractivity contribution < 1.29 is 9.53 Å². The van der Waals surface area contributed by atoms with Crippen LogP contribution in [0, 0.1) is 0 Å². The molecule has 1 aromatic rings. The van der Waals surface area contributed by atoms with Gasteiger partial charge < -0.3 is 15.4 Å². The van der Waals surface area contributed by atoms with Crippen LogP contribution in [0.5, 0.6) is 5.75 Å². The summed E-state index contributed by atoms with van der Waals surface area (Å²) in [6, 6.07) is 3.39. The number of fused-ring (bicyclic) bond motifs is 1. The fourth-order valence-corrected chi connectivity index (χ4v) is 2.04. The molecule has 0 saturated carbocycles. The van der Waals surface area contributed by atoms with E-state index in [1.54, 1.807) is 20.2 Å². The van der Waals surface area contributed by atoms with E-state index in [4.69, 9.17) is 16.3 Å². The number of carbonyl (C=O) groups is 1. The lowest BCUT2D eigenvalue weighted by molar-refractivity contribution is -0.118. The Kier molecular flexibility index (Phi) is 3.03. The minimum atomic E-state index is -0.196. The lowest BCUT2D eigenvalue weighted by atomic mass is 9.99. The summed E-state index contributed by atoms with van der Waals surface area (Å²) in [4.78, 5) is 11.6. The van der Waals surface area contributed by atoms with E-state index in [-0.39, 0.29) is 11.9 Å². The molecule has 1 aliphatic rings. The van der Waals surface area contributed by atoms with E-state index >= 15 is 0 Å². The van der Waals surface area contributed by atoms with E-state index in [9.17, 15) is 4.79 Å².